The number of methoxy groups -OCH3 is 1. The Morgan fingerprint density at radius 2 is 1.96 bits per heavy atom. The van der Waals surface area contributed by atoms with Gasteiger partial charge in [-0.2, -0.15) is 13.5 Å². The van der Waals surface area contributed by atoms with Crippen molar-refractivity contribution in [1.82, 2.24) is 9.73 Å². The van der Waals surface area contributed by atoms with Gasteiger partial charge in [-0.05, 0) is 26.0 Å². The quantitative estimate of drug-likeness (QED) is 0.596. The fourth-order valence-electron chi connectivity index (χ4n) is 3.60. The highest BCUT2D eigenvalue weighted by atomic mass is 32.2. The van der Waals surface area contributed by atoms with E-state index in [0.29, 0.717) is 18.6 Å². The number of nitrogens with one attached hydrogen (secondary N) is 1. The van der Waals surface area contributed by atoms with Gasteiger partial charge >= 0.3 is 6.09 Å². The van der Waals surface area contributed by atoms with Crippen molar-refractivity contribution >= 4 is 21.8 Å². The number of rotatable bonds is 5. The predicted octanol–water partition coefficient (Wildman–Crippen LogP) is 2.21. The zero-order chi connectivity index (χ0) is 20.6. The molecule has 0 saturated carbocycles. The molecular weight excluding hydrogens is 382 g/mol. The average Bonchev–Trinajstić information content (AvgIpc) is 2.88. The first-order chi connectivity index (χ1) is 13.1. The fraction of sp³-hybridized carbons (Fsp3) is 0.474. The number of hydrogen-bond donors (Lipinski definition) is 1. The summed E-state index contributed by atoms with van der Waals surface area (Å²) < 4.78 is 35.9. The minimum atomic E-state index is -3.75. The largest absolute Gasteiger partial charge is 0.453 e. The molecule has 9 heteroatoms. The molecule has 0 aromatic heterocycles. The number of amides is 1. The van der Waals surface area contributed by atoms with Crippen LogP contribution in [0.2, 0.25) is 0 Å². The van der Waals surface area contributed by atoms with Crippen LogP contribution in [-0.2, 0) is 19.5 Å². The van der Waals surface area contributed by atoms with Crippen molar-refractivity contribution in [3.63, 3.8) is 0 Å². The molecule has 2 bridgehead atoms. The van der Waals surface area contributed by atoms with E-state index in [0.717, 1.165) is 5.56 Å². The Morgan fingerprint density at radius 3 is 2.61 bits per heavy atom. The third-order valence-electron chi connectivity index (χ3n) is 4.88. The lowest BCUT2D eigenvalue weighted by Gasteiger charge is -2.40. The van der Waals surface area contributed by atoms with Gasteiger partial charge in [0.2, 0.25) is 0 Å². The molecule has 2 aliphatic rings. The molecule has 1 saturated heterocycles. The maximum Gasteiger partial charge on any atom is 0.409 e. The van der Waals surface area contributed by atoms with Crippen LogP contribution in [0.4, 0.5) is 4.79 Å². The molecule has 1 N–H and O–H groups in total. The first-order valence-corrected chi connectivity index (χ1v) is 10.4. The zero-order valence-electron chi connectivity index (χ0n) is 16.4. The number of carbonyl (C=O) groups excluding carboxylic acids is 1. The van der Waals surface area contributed by atoms with Gasteiger partial charge in [0, 0.05) is 25.6 Å². The summed E-state index contributed by atoms with van der Waals surface area (Å²) in [4.78, 5) is 15.7. The van der Waals surface area contributed by atoms with Crippen LogP contribution in [0.5, 0.6) is 0 Å². The van der Waals surface area contributed by atoms with E-state index in [2.05, 4.69) is 9.93 Å². The van der Waals surface area contributed by atoms with Crippen LogP contribution < -0.4 is 4.83 Å². The summed E-state index contributed by atoms with van der Waals surface area (Å²) in [5, 5.41) is 4.18. The van der Waals surface area contributed by atoms with Crippen molar-refractivity contribution in [2.24, 2.45) is 5.10 Å². The molecule has 8 nitrogen and oxygen atoms in total. The highest BCUT2D eigenvalue weighted by molar-refractivity contribution is 7.89. The molecule has 28 heavy (non-hydrogen) atoms. The second-order valence-corrected chi connectivity index (χ2v) is 9.24. The fourth-order valence-corrected chi connectivity index (χ4v) is 4.45. The molecular formula is C19H25N3O5S. The molecule has 1 amide bonds. The Balaban J connectivity index is 1.78. The summed E-state index contributed by atoms with van der Waals surface area (Å²) in [6, 6.07) is 6.56. The standard InChI is InChI=1S/C19H25N3O5S/c1-14-5-7-16(8-6-14)28(24,25)21-20-15-11-18(2)9-10-19(12-15,27-18)13-22(3)17(23)26-4/h5-10,21H,11-13H2,1-4H3/t18-,19-/m0/s1. The van der Waals surface area contributed by atoms with Gasteiger partial charge in [-0.25, -0.2) is 9.63 Å². The maximum atomic E-state index is 12.5. The lowest BCUT2D eigenvalue weighted by molar-refractivity contribution is -0.0929. The number of ether oxygens (including phenoxy) is 2. The van der Waals surface area contributed by atoms with Crippen LogP contribution >= 0.6 is 0 Å². The Bertz CT molecular complexity index is 925. The summed E-state index contributed by atoms with van der Waals surface area (Å²) in [5.41, 5.74) is 0.280. The molecule has 1 aromatic carbocycles. The third-order valence-corrected chi connectivity index (χ3v) is 6.11. The molecule has 152 valence electrons. The van der Waals surface area contributed by atoms with Crippen LogP contribution in [0.15, 0.2) is 46.4 Å². The van der Waals surface area contributed by atoms with Crippen molar-refractivity contribution in [2.45, 2.75) is 42.8 Å². The molecule has 2 atom stereocenters. The van der Waals surface area contributed by atoms with Gasteiger partial charge in [0.25, 0.3) is 10.0 Å². The molecule has 1 aromatic rings. The molecule has 3 rings (SSSR count). The van der Waals surface area contributed by atoms with Crippen molar-refractivity contribution in [3.8, 4) is 0 Å². The highest BCUT2D eigenvalue weighted by Crippen LogP contribution is 2.42. The van der Waals surface area contributed by atoms with Gasteiger partial charge in [-0.1, -0.05) is 29.8 Å². The van der Waals surface area contributed by atoms with E-state index in [9.17, 15) is 13.2 Å². The summed E-state index contributed by atoms with van der Waals surface area (Å²) in [6.45, 7) is 4.07. The summed E-state index contributed by atoms with van der Waals surface area (Å²) in [7, 11) is -0.811. The number of hydrogen-bond acceptors (Lipinski definition) is 6. The molecule has 0 spiro atoms. The summed E-state index contributed by atoms with van der Waals surface area (Å²) in [5.74, 6) is 0. The lowest BCUT2D eigenvalue weighted by Crippen LogP contribution is -2.51. The van der Waals surface area contributed by atoms with Crippen LogP contribution in [-0.4, -0.2) is 57.0 Å². The van der Waals surface area contributed by atoms with E-state index in [1.165, 1.54) is 12.0 Å². The van der Waals surface area contributed by atoms with E-state index in [-0.39, 0.29) is 11.4 Å². The number of carbonyl (C=O) groups is 1. The lowest BCUT2D eigenvalue weighted by atomic mass is 9.90. The van der Waals surface area contributed by atoms with Gasteiger partial charge in [0.05, 0.1) is 24.2 Å². The second kappa shape index (κ2) is 7.21. The number of hydrazone groups is 1. The first-order valence-electron chi connectivity index (χ1n) is 8.90. The van der Waals surface area contributed by atoms with E-state index in [1.54, 1.807) is 31.3 Å². The van der Waals surface area contributed by atoms with Gasteiger partial charge in [0.1, 0.15) is 5.60 Å². The molecule has 2 aliphatic heterocycles. The summed E-state index contributed by atoms with van der Waals surface area (Å²) in [6.07, 6.45) is 4.23. The smallest absolute Gasteiger partial charge is 0.409 e. The van der Waals surface area contributed by atoms with Gasteiger partial charge in [0.15, 0.2) is 0 Å². The summed E-state index contributed by atoms with van der Waals surface area (Å²) >= 11 is 0. The van der Waals surface area contributed by atoms with Crippen molar-refractivity contribution in [2.75, 3.05) is 20.7 Å². The minimum absolute atomic E-state index is 0.155. The normalized spacial score (nSPS) is 27.6. The predicted molar refractivity (Wildman–Crippen MR) is 105 cm³/mol. The van der Waals surface area contributed by atoms with Gasteiger partial charge < -0.3 is 14.4 Å². The Kier molecular flexibility index (Phi) is 5.24. The monoisotopic (exact) mass is 407 g/mol. The maximum absolute atomic E-state index is 12.5. The van der Waals surface area contributed by atoms with E-state index in [1.807, 2.05) is 26.0 Å². The number of nitrogens with zero attached hydrogens (tertiary/aromatic N) is 2. The molecule has 0 aliphatic carbocycles. The van der Waals surface area contributed by atoms with Crippen molar-refractivity contribution in [3.05, 3.63) is 42.0 Å². The van der Waals surface area contributed by atoms with Crippen LogP contribution in [0.25, 0.3) is 0 Å². The number of benzene rings is 1. The zero-order valence-corrected chi connectivity index (χ0v) is 17.2. The topological polar surface area (TPSA) is 97.3 Å². The number of aryl methyl sites for hydroxylation is 1. The van der Waals surface area contributed by atoms with E-state index >= 15 is 0 Å². The molecule has 0 unspecified atom stereocenters. The number of sulfonamides is 1. The van der Waals surface area contributed by atoms with Crippen LogP contribution in [0.3, 0.4) is 0 Å². The number of likely N-dealkylation sites (N-methyl/N-ethyl adjacent to an activating group) is 1. The molecule has 2 heterocycles. The SMILES string of the molecule is COC(=O)N(C)C[C@]12C=C[C@@](C)(CC(=NNS(=O)(=O)c3ccc(C)cc3)C1)O2. The van der Waals surface area contributed by atoms with Gasteiger partial charge in [-0.3, -0.25) is 0 Å². The number of fused-ring (bicyclic) bond motifs is 2. The highest BCUT2D eigenvalue weighted by Gasteiger charge is 2.49. The van der Waals surface area contributed by atoms with Crippen LogP contribution in [0.1, 0.15) is 25.3 Å². The van der Waals surface area contributed by atoms with Crippen molar-refractivity contribution in [1.29, 1.82) is 0 Å². The second-order valence-electron chi connectivity index (χ2n) is 7.58. The first kappa shape index (κ1) is 20.3. The van der Waals surface area contributed by atoms with E-state index in [4.69, 9.17) is 9.47 Å². The van der Waals surface area contributed by atoms with Crippen LogP contribution in [0, 0.1) is 6.92 Å². The van der Waals surface area contributed by atoms with Crippen molar-refractivity contribution < 1.29 is 22.7 Å². The van der Waals surface area contributed by atoms with E-state index < -0.39 is 27.3 Å². The minimum Gasteiger partial charge on any atom is -0.453 e. The molecule has 0 radical (unpaired) electrons. The third kappa shape index (κ3) is 4.20. The average molecular weight is 407 g/mol. The van der Waals surface area contributed by atoms with Gasteiger partial charge in [-0.15, -0.1) is 0 Å². The Morgan fingerprint density at radius 1 is 1.29 bits per heavy atom. The Hall–Kier alpha value is -2.39. The Labute approximate surface area is 165 Å². The molecule has 1 fully saturated rings.